The van der Waals surface area contributed by atoms with Gasteiger partial charge in [-0.2, -0.15) is 0 Å². The molecule has 1 aliphatic rings. The zero-order chi connectivity index (χ0) is 13.1. The van der Waals surface area contributed by atoms with Crippen molar-refractivity contribution in [2.45, 2.75) is 31.8 Å². The van der Waals surface area contributed by atoms with E-state index in [2.05, 4.69) is 15.9 Å². The predicted molar refractivity (Wildman–Crippen MR) is 69.8 cm³/mol. The Hall–Kier alpha value is -0.940. The first-order chi connectivity index (χ1) is 8.58. The SMILES string of the molecule is O=C(O)C1CCCCN1Cc1cc(F)ccc1Br. The first-order valence-corrected chi connectivity index (χ1v) is 6.78. The van der Waals surface area contributed by atoms with E-state index in [0.717, 1.165) is 29.4 Å². The Balaban J connectivity index is 2.15. The van der Waals surface area contributed by atoms with Crippen molar-refractivity contribution < 1.29 is 14.3 Å². The smallest absolute Gasteiger partial charge is 0.320 e. The van der Waals surface area contributed by atoms with Gasteiger partial charge in [-0.1, -0.05) is 22.4 Å². The Morgan fingerprint density at radius 2 is 2.28 bits per heavy atom. The second-order valence-electron chi connectivity index (χ2n) is 4.56. The van der Waals surface area contributed by atoms with Crippen LogP contribution in [0.1, 0.15) is 24.8 Å². The molecule has 1 atom stereocenters. The maximum Gasteiger partial charge on any atom is 0.320 e. The Labute approximate surface area is 114 Å². The van der Waals surface area contributed by atoms with Crippen LogP contribution in [0.5, 0.6) is 0 Å². The van der Waals surface area contributed by atoms with Crippen LogP contribution in [0.4, 0.5) is 4.39 Å². The van der Waals surface area contributed by atoms with Crippen molar-refractivity contribution in [3.05, 3.63) is 34.1 Å². The third kappa shape index (κ3) is 3.09. The van der Waals surface area contributed by atoms with Crippen molar-refractivity contribution in [2.24, 2.45) is 0 Å². The average Bonchev–Trinajstić information content (AvgIpc) is 2.34. The zero-order valence-electron chi connectivity index (χ0n) is 9.90. The van der Waals surface area contributed by atoms with Gasteiger partial charge in [-0.15, -0.1) is 0 Å². The van der Waals surface area contributed by atoms with Gasteiger partial charge in [0.2, 0.25) is 0 Å². The van der Waals surface area contributed by atoms with Crippen LogP contribution in [0.3, 0.4) is 0 Å². The fourth-order valence-corrected chi connectivity index (χ4v) is 2.72. The molecule has 1 aromatic carbocycles. The van der Waals surface area contributed by atoms with Gasteiger partial charge in [0.1, 0.15) is 11.9 Å². The number of rotatable bonds is 3. The number of likely N-dealkylation sites (tertiary alicyclic amines) is 1. The quantitative estimate of drug-likeness (QED) is 0.932. The molecule has 1 saturated heterocycles. The van der Waals surface area contributed by atoms with Crippen molar-refractivity contribution in [1.82, 2.24) is 4.90 Å². The molecule has 0 spiro atoms. The number of halogens is 2. The van der Waals surface area contributed by atoms with E-state index in [-0.39, 0.29) is 5.82 Å². The molecule has 1 unspecified atom stereocenters. The van der Waals surface area contributed by atoms with Crippen LogP contribution in [0.15, 0.2) is 22.7 Å². The predicted octanol–water partition coefficient (Wildman–Crippen LogP) is 3.03. The molecule has 3 nitrogen and oxygen atoms in total. The fourth-order valence-electron chi connectivity index (χ4n) is 2.34. The van der Waals surface area contributed by atoms with Crippen molar-refractivity contribution in [2.75, 3.05) is 6.54 Å². The number of aliphatic carboxylic acids is 1. The fraction of sp³-hybridized carbons (Fsp3) is 0.462. The number of carboxylic acids is 1. The van der Waals surface area contributed by atoms with E-state index < -0.39 is 12.0 Å². The maximum atomic E-state index is 13.2. The molecule has 2 rings (SSSR count). The number of hydrogen-bond donors (Lipinski definition) is 1. The first-order valence-electron chi connectivity index (χ1n) is 5.98. The van der Waals surface area contributed by atoms with Gasteiger partial charge in [-0.3, -0.25) is 9.69 Å². The Kier molecular flexibility index (Phi) is 4.35. The summed E-state index contributed by atoms with van der Waals surface area (Å²) < 4.78 is 14.0. The summed E-state index contributed by atoms with van der Waals surface area (Å²) in [7, 11) is 0. The lowest BCUT2D eigenvalue weighted by Crippen LogP contribution is -2.44. The molecule has 18 heavy (non-hydrogen) atoms. The molecular formula is C13H15BrFNO2. The number of benzene rings is 1. The maximum absolute atomic E-state index is 13.2. The van der Waals surface area contributed by atoms with Gasteiger partial charge < -0.3 is 5.11 Å². The van der Waals surface area contributed by atoms with E-state index >= 15 is 0 Å². The zero-order valence-corrected chi connectivity index (χ0v) is 11.5. The second kappa shape index (κ2) is 5.80. The third-order valence-electron chi connectivity index (χ3n) is 3.28. The highest BCUT2D eigenvalue weighted by Gasteiger charge is 2.28. The van der Waals surface area contributed by atoms with Gasteiger partial charge in [0.15, 0.2) is 0 Å². The first kappa shape index (κ1) is 13.5. The molecule has 0 radical (unpaired) electrons. The standard InChI is InChI=1S/C13H15BrFNO2/c14-11-5-4-10(15)7-9(11)8-16-6-2-1-3-12(16)13(17)18/h4-5,7,12H,1-3,6,8H2,(H,17,18). The summed E-state index contributed by atoms with van der Waals surface area (Å²) in [5.74, 6) is -1.08. The van der Waals surface area contributed by atoms with Crippen molar-refractivity contribution >= 4 is 21.9 Å². The van der Waals surface area contributed by atoms with Crippen LogP contribution in [-0.2, 0) is 11.3 Å². The summed E-state index contributed by atoms with van der Waals surface area (Å²) in [6.07, 6.45) is 2.61. The van der Waals surface area contributed by atoms with Gasteiger partial charge >= 0.3 is 5.97 Å². The lowest BCUT2D eigenvalue weighted by Gasteiger charge is -2.33. The topological polar surface area (TPSA) is 40.5 Å². The van der Waals surface area contributed by atoms with E-state index in [0.29, 0.717) is 13.0 Å². The largest absolute Gasteiger partial charge is 0.480 e. The molecule has 0 aliphatic carbocycles. The number of hydrogen-bond acceptors (Lipinski definition) is 2. The Bertz CT molecular complexity index is 453. The number of nitrogens with zero attached hydrogens (tertiary/aromatic N) is 1. The lowest BCUT2D eigenvalue weighted by molar-refractivity contribution is -0.144. The van der Waals surface area contributed by atoms with E-state index in [4.69, 9.17) is 0 Å². The van der Waals surface area contributed by atoms with Crippen LogP contribution in [0.2, 0.25) is 0 Å². The Morgan fingerprint density at radius 3 is 3.00 bits per heavy atom. The number of carboxylic acid groups (broad SMARTS) is 1. The van der Waals surface area contributed by atoms with E-state index in [9.17, 15) is 14.3 Å². The van der Waals surface area contributed by atoms with Crippen LogP contribution >= 0.6 is 15.9 Å². The highest BCUT2D eigenvalue weighted by molar-refractivity contribution is 9.10. The molecule has 0 amide bonds. The minimum absolute atomic E-state index is 0.294. The third-order valence-corrected chi connectivity index (χ3v) is 4.05. The van der Waals surface area contributed by atoms with E-state index in [1.54, 1.807) is 6.07 Å². The lowest BCUT2D eigenvalue weighted by atomic mass is 10.0. The highest BCUT2D eigenvalue weighted by Crippen LogP contribution is 2.24. The van der Waals surface area contributed by atoms with Crippen LogP contribution in [0.25, 0.3) is 0 Å². The summed E-state index contributed by atoms with van der Waals surface area (Å²) in [5.41, 5.74) is 0.795. The molecule has 1 N–H and O–H groups in total. The monoisotopic (exact) mass is 315 g/mol. The molecule has 98 valence electrons. The summed E-state index contributed by atoms with van der Waals surface area (Å²) in [5, 5.41) is 9.18. The Morgan fingerprint density at radius 1 is 1.50 bits per heavy atom. The molecule has 0 saturated carbocycles. The van der Waals surface area contributed by atoms with Crippen LogP contribution in [-0.4, -0.2) is 28.6 Å². The molecule has 0 aromatic heterocycles. The van der Waals surface area contributed by atoms with Crippen LogP contribution in [0, 0.1) is 5.82 Å². The molecule has 1 heterocycles. The number of piperidine rings is 1. The van der Waals surface area contributed by atoms with Crippen molar-refractivity contribution in [3.8, 4) is 0 Å². The minimum atomic E-state index is -0.790. The molecule has 1 aromatic rings. The summed E-state index contributed by atoms with van der Waals surface area (Å²) >= 11 is 3.37. The van der Waals surface area contributed by atoms with Crippen LogP contribution < -0.4 is 0 Å². The van der Waals surface area contributed by atoms with Gasteiger partial charge in [0.05, 0.1) is 0 Å². The van der Waals surface area contributed by atoms with Crippen molar-refractivity contribution in [3.63, 3.8) is 0 Å². The summed E-state index contributed by atoms with van der Waals surface area (Å²) in [6, 6.07) is 4.05. The van der Waals surface area contributed by atoms with E-state index in [1.165, 1.54) is 12.1 Å². The van der Waals surface area contributed by atoms with Gasteiger partial charge in [0.25, 0.3) is 0 Å². The van der Waals surface area contributed by atoms with Gasteiger partial charge in [0, 0.05) is 11.0 Å². The minimum Gasteiger partial charge on any atom is -0.480 e. The number of carbonyl (C=O) groups is 1. The average molecular weight is 316 g/mol. The van der Waals surface area contributed by atoms with Crippen molar-refractivity contribution in [1.29, 1.82) is 0 Å². The molecule has 5 heteroatoms. The summed E-state index contributed by atoms with van der Waals surface area (Å²) in [6.45, 7) is 1.22. The molecule has 1 fully saturated rings. The molecule has 0 bridgehead atoms. The van der Waals surface area contributed by atoms with Gasteiger partial charge in [-0.05, 0) is 43.1 Å². The van der Waals surface area contributed by atoms with E-state index in [1.807, 2.05) is 4.90 Å². The summed E-state index contributed by atoms with van der Waals surface area (Å²) in [4.78, 5) is 13.1. The highest BCUT2D eigenvalue weighted by atomic mass is 79.9. The second-order valence-corrected chi connectivity index (χ2v) is 5.41. The molecular weight excluding hydrogens is 301 g/mol. The normalized spacial score (nSPS) is 20.9. The molecule has 1 aliphatic heterocycles. The van der Waals surface area contributed by atoms with Gasteiger partial charge in [-0.25, -0.2) is 4.39 Å².